The van der Waals surface area contributed by atoms with Crippen molar-refractivity contribution in [3.05, 3.63) is 29.8 Å². The number of carbonyl (C=O) groups excluding carboxylic acids is 1. The van der Waals surface area contributed by atoms with Crippen LogP contribution in [0.1, 0.15) is 37.7 Å². The number of carbonyl (C=O) groups is 1. The maximum atomic E-state index is 12.3. The first-order valence-corrected chi connectivity index (χ1v) is 7.82. The van der Waals surface area contributed by atoms with Gasteiger partial charge in [0.15, 0.2) is 0 Å². The molecule has 20 heavy (non-hydrogen) atoms. The summed E-state index contributed by atoms with van der Waals surface area (Å²) < 4.78 is 6.23. The van der Waals surface area contributed by atoms with Gasteiger partial charge in [0.05, 0.1) is 0 Å². The van der Waals surface area contributed by atoms with Gasteiger partial charge >= 0.3 is 0 Å². The smallest absolute Gasteiger partial charge is 0.225 e. The molecule has 3 nitrogen and oxygen atoms in total. The molecule has 3 aliphatic rings. The fourth-order valence-corrected chi connectivity index (χ4v) is 3.69. The second-order valence-corrected chi connectivity index (χ2v) is 6.52. The maximum Gasteiger partial charge on any atom is 0.225 e. The van der Waals surface area contributed by atoms with Gasteiger partial charge in [0.2, 0.25) is 5.91 Å². The molecule has 2 heterocycles. The van der Waals surface area contributed by atoms with Crippen LogP contribution in [0.5, 0.6) is 5.75 Å². The zero-order chi connectivity index (χ0) is 13.6. The molecule has 0 N–H and O–H groups in total. The van der Waals surface area contributed by atoms with E-state index in [1.165, 1.54) is 12.0 Å². The molecule has 0 radical (unpaired) electrons. The van der Waals surface area contributed by atoms with E-state index in [0.717, 1.165) is 50.9 Å². The van der Waals surface area contributed by atoms with Crippen LogP contribution in [0.2, 0.25) is 0 Å². The number of likely N-dealkylation sites (tertiary alicyclic amines) is 1. The number of ether oxygens (including phenoxy) is 1. The molecule has 2 fully saturated rings. The summed E-state index contributed by atoms with van der Waals surface area (Å²) in [7, 11) is 0. The summed E-state index contributed by atoms with van der Waals surface area (Å²) in [6.07, 6.45) is 6.38. The number of para-hydroxylation sites is 1. The van der Waals surface area contributed by atoms with E-state index in [-0.39, 0.29) is 5.60 Å². The van der Waals surface area contributed by atoms with Crippen LogP contribution in [0.4, 0.5) is 0 Å². The minimum absolute atomic E-state index is 0.0416. The summed E-state index contributed by atoms with van der Waals surface area (Å²) in [5.41, 5.74) is 1.28. The van der Waals surface area contributed by atoms with E-state index < -0.39 is 0 Å². The van der Waals surface area contributed by atoms with E-state index in [4.69, 9.17) is 4.74 Å². The summed E-state index contributed by atoms with van der Waals surface area (Å²) >= 11 is 0. The Bertz CT molecular complexity index is 501. The molecule has 1 saturated heterocycles. The monoisotopic (exact) mass is 271 g/mol. The van der Waals surface area contributed by atoms with Gasteiger partial charge in [0.1, 0.15) is 11.4 Å². The Kier molecular flexibility index (Phi) is 2.76. The summed E-state index contributed by atoms with van der Waals surface area (Å²) in [6, 6.07) is 8.34. The lowest BCUT2D eigenvalue weighted by Crippen LogP contribution is -2.51. The fraction of sp³-hybridized carbons (Fsp3) is 0.588. The molecule has 1 saturated carbocycles. The van der Waals surface area contributed by atoms with Crippen molar-refractivity contribution in [2.24, 2.45) is 5.92 Å². The van der Waals surface area contributed by atoms with E-state index in [2.05, 4.69) is 23.1 Å². The number of hydrogen-bond donors (Lipinski definition) is 0. The van der Waals surface area contributed by atoms with Crippen molar-refractivity contribution in [3.8, 4) is 5.75 Å². The highest BCUT2D eigenvalue weighted by atomic mass is 16.5. The first-order chi connectivity index (χ1) is 9.76. The summed E-state index contributed by atoms with van der Waals surface area (Å²) in [6.45, 7) is 1.73. The molecule has 1 aliphatic carbocycles. The van der Waals surface area contributed by atoms with E-state index in [1.54, 1.807) is 0 Å². The van der Waals surface area contributed by atoms with Gasteiger partial charge < -0.3 is 9.64 Å². The summed E-state index contributed by atoms with van der Waals surface area (Å²) in [5, 5.41) is 0. The van der Waals surface area contributed by atoms with Crippen molar-refractivity contribution in [2.75, 3.05) is 13.1 Å². The first kappa shape index (κ1) is 12.2. The molecule has 1 spiro atoms. The highest BCUT2D eigenvalue weighted by molar-refractivity contribution is 5.79. The molecular weight excluding hydrogens is 250 g/mol. The Morgan fingerprint density at radius 3 is 2.60 bits per heavy atom. The van der Waals surface area contributed by atoms with Gasteiger partial charge in [-0.25, -0.2) is 0 Å². The lowest BCUT2D eigenvalue weighted by Gasteiger charge is -2.41. The van der Waals surface area contributed by atoms with Gasteiger partial charge in [-0.3, -0.25) is 4.79 Å². The van der Waals surface area contributed by atoms with E-state index >= 15 is 0 Å². The molecule has 1 aromatic rings. The molecule has 0 aromatic heterocycles. The zero-order valence-electron chi connectivity index (χ0n) is 11.8. The normalized spacial score (nSPS) is 24.1. The molecule has 106 valence electrons. The van der Waals surface area contributed by atoms with Crippen molar-refractivity contribution in [2.45, 2.75) is 44.1 Å². The third-order valence-corrected chi connectivity index (χ3v) is 5.25. The average molecular weight is 271 g/mol. The van der Waals surface area contributed by atoms with Crippen LogP contribution in [0.25, 0.3) is 0 Å². The Morgan fingerprint density at radius 2 is 1.95 bits per heavy atom. The van der Waals surface area contributed by atoms with Crippen LogP contribution in [-0.2, 0) is 11.2 Å². The Hall–Kier alpha value is -1.51. The number of nitrogens with zero attached hydrogens (tertiary/aromatic N) is 1. The SMILES string of the molecule is O=C(C1CCC1)N1CCC2(CC1)Cc1ccccc1O2. The third kappa shape index (κ3) is 1.91. The zero-order valence-corrected chi connectivity index (χ0v) is 11.8. The third-order valence-electron chi connectivity index (χ3n) is 5.25. The lowest BCUT2D eigenvalue weighted by atomic mass is 9.82. The Morgan fingerprint density at radius 1 is 1.20 bits per heavy atom. The summed E-state index contributed by atoms with van der Waals surface area (Å²) in [5.74, 6) is 1.76. The molecule has 3 heteroatoms. The average Bonchev–Trinajstić information content (AvgIpc) is 2.75. The van der Waals surface area contributed by atoms with Gasteiger partial charge in [0, 0.05) is 38.3 Å². The number of rotatable bonds is 1. The highest BCUT2D eigenvalue weighted by Crippen LogP contribution is 2.41. The van der Waals surface area contributed by atoms with Crippen LogP contribution in [0, 0.1) is 5.92 Å². The number of amides is 1. The van der Waals surface area contributed by atoms with E-state index in [0.29, 0.717) is 11.8 Å². The van der Waals surface area contributed by atoms with Crippen molar-refractivity contribution in [3.63, 3.8) is 0 Å². The quantitative estimate of drug-likeness (QED) is 0.786. The fourth-order valence-electron chi connectivity index (χ4n) is 3.69. The topological polar surface area (TPSA) is 29.5 Å². The van der Waals surface area contributed by atoms with E-state index in [9.17, 15) is 4.79 Å². The maximum absolute atomic E-state index is 12.3. The molecule has 2 aliphatic heterocycles. The van der Waals surface area contributed by atoms with Crippen LogP contribution < -0.4 is 4.74 Å². The van der Waals surface area contributed by atoms with Crippen LogP contribution in [0.15, 0.2) is 24.3 Å². The van der Waals surface area contributed by atoms with Gasteiger partial charge in [-0.15, -0.1) is 0 Å². The van der Waals surface area contributed by atoms with Crippen LogP contribution in [-0.4, -0.2) is 29.5 Å². The van der Waals surface area contributed by atoms with Crippen molar-refractivity contribution < 1.29 is 9.53 Å². The number of fused-ring (bicyclic) bond motifs is 1. The predicted octanol–water partition coefficient (Wildman–Crippen LogP) is 2.78. The second kappa shape index (κ2) is 4.51. The van der Waals surface area contributed by atoms with Crippen molar-refractivity contribution in [1.29, 1.82) is 0 Å². The largest absolute Gasteiger partial charge is 0.487 e. The van der Waals surface area contributed by atoms with Crippen molar-refractivity contribution in [1.82, 2.24) is 4.90 Å². The van der Waals surface area contributed by atoms with E-state index in [1.807, 2.05) is 6.07 Å². The molecule has 0 bridgehead atoms. The minimum Gasteiger partial charge on any atom is -0.487 e. The Labute approximate surface area is 119 Å². The molecular formula is C17H21NO2. The predicted molar refractivity (Wildman–Crippen MR) is 76.7 cm³/mol. The minimum atomic E-state index is -0.0416. The lowest BCUT2D eigenvalue weighted by molar-refractivity contribution is -0.141. The van der Waals surface area contributed by atoms with Crippen LogP contribution in [0.3, 0.4) is 0 Å². The molecule has 4 rings (SSSR count). The second-order valence-electron chi connectivity index (χ2n) is 6.52. The van der Waals surface area contributed by atoms with Gasteiger partial charge in [-0.2, -0.15) is 0 Å². The number of hydrogen-bond acceptors (Lipinski definition) is 2. The molecule has 1 amide bonds. The van der Waals surface area contributed by atoms with Gasteiger partial charge in [-0.05, 0) is 24.5 Å². The highest BCUT2D eigenvalue weighted by Gasteiger charge is 2.43. The summed E-state index contributed by atoms with van der Waals surface area (Å²) in [4.78, 5) is 14.4. The van der Waals surface area contributed by atoms with Crippen LogP contribution >= 0.6 is 0 Å². The molecule has 0 atom stereocenters. The molecule has 0 unspecified atom stereocenters. The number of piperidine rings is 1. The first-order valence-electron chi connectivity index (χ1n) is 7.82. The number of benzene rings is 1. The standard InChI is InChI=1S/C17H21NO2/c19-16(13-5-3-6-13)18-10-8-17(9-11-18)12-14-4-1-2-7-15(14)20-17/h1-2,4,7,13H,3,5-6,8-12H2. The Balaban J connectivity index is 1.42. The van der Waals surface area contributed by atoms with Gasteiger partial charge in [0.25, 0.3) is 0 Å². The van der Waals surface area contributed by atoms with Gasteiger partial charge in [-0.1, -0.05) is 24.6 Å². The molecule has 1 aromatic carbocycles. The van der Waals surface area contributed by atoms with Crippen molar-refractivity contribution >= 4 is 5.91 Å².